The highest BCUT2D eigenvalue weighted by atomic mass is 16.5. The van der Waals surface area contributed by atoms with E-state index in [2.05, 4.69) is 17.2 Å². The summed E-state index contributed by atoms with van der Waals surface area (Å²) in [6.45, 7) is 4.55. The summed E-state index contributed by atoms with van der Waals surface area (Å²) in [5, 5.41) is 11.6. The van der Waals surface area contributed by atoms with E-state index >= 15 is 0 Å². The van der Waals surface area contributed by atoms with Crippen LogP contribution < -0.4 is 5.32 Å². The molecule has 0 aliphatic heterocycles. The van der Waals surface area contributed by atoms with E-state index < -0.39 is 0 Å². The van der Waals surface area contributed by atoms with Gasteiger partial charge in [0, 0.05) is 37.8 Å². The number of aliphatic hydroxyl groups is 1. The first-order valence-electron chi connectivity index (χ1n) is 7.06. The number of benzene rings is 1. The third-order valence-corrected chi connectivity index (χ3v) is 2.97. The Morgan fingerprint density at radius 1 is 1.48 bits per heavy atom. The molecule has 21 heavy (non-hydrogen) atoms. The molecular formula is C17H23NO3. The summed E-state index contributed by atoms with van der Waals surface area (Å²) in [6, 6.07) is 5.69. The number of ether oxygens (including phenoxy) is 1. The first-order chi connectivity index (χ1) is 10.1. The maximum atomic E-state index is 12.0. The molecule has 0 aliphatic rings. The van der Waals surface area contributed by atoms with E-state index in [1.807, 2.05) is 32.0 Å². The zero-order valence-electron chi connectivity index (χ0n) is 12.9. The van der Waals surface area contributed by atoms with Crippen molar-refractivity contribution in [1.82, 2.24) is 0 Å². The van der Waals surface area contributed by atoms with Gasteiger partial charge in [0.15, 0.2) is 0 Å². The number of anilines is 1. The van der Waals surface area contributed by atoms with Gasteiger partial charge in [-0.05, 0) is 30.5 Å². The zero-order valence-corrected chi connectivity index (χ0v) is 12.9. The van der Waals surface area contributed by atoms with Gasteiger partial charge in [0.25, 0.3) is 0 Å². The number of hydrogen-bond acceptors (Lipinski definition) is 3. The van der Waals surface area contributed by atoms with Gasteiger partial charge in [0.2, 0.25) is 5.91 Å². The molecule has 0 heterocycles. The Hall–Kier alpha value is -1.83. The number of carbonyl (C=O) groups excluding carboxylic acids is 1. The van der Waals surface area contributed by atoms with Crippen molar-refractivity contribution >= 4 is 11.6 Å². The van der Waals surface area contributed by atoms with Crippen LogP contribution in [-0.2, 0) is 9.53 Å². The van der Waals surface area contributed by atoms with Gasteiger partial charge >= 0.3 is 0 Å². The van der Waals surface area contributed by atoms with Gasteiger partial charge < -0.3 is 15.2 Å². The molecule has 0 bridgehead atoms. The average molecular weight is 289 g/mol. The average Bonchev–Trinajstić information content (AvgIpc) is 2.42. The monoisotopic (exact) mass is 289 g/mol. The number of methoxy groups -OCH3 is 1. The van der Waals surface area contributed by atoms with Crippen molar-refractivity contribution in [1.29, 1.82) is 0 Å². The molecule has 1 atom stereocenters. The fourth-order valence-corrected chi connectivity index (χ4v) is 1.92. The van der Waals surface area contributed by atoms with Crippen LogP contribution in [0.3, 0.4) is 0 Å². The number of rotatable bonds is 6. The molecule has 0 aliphatic carbocycles. The fraction of sp³-hybridized carbons (Fsp3) is 0.471. The first kappa shape index (κ1) is 17.2. The highest BCUT2D eigenvalue weighted by Gasteiger charge is 2.10. The number of aryl methyl sites for hydroxylation is 1. The number of nitrogens with one attached hydrogen (secondary N) is 1. The van der Waals surface area contributed by atoms with Crippen LogP contribution in [-0.4, -0.2) is 31.3 Å². The molecule has 114 valence electrons. The van der Waals surface area contributed by atoms with Crippen LogP contribution in [0.4, 0.5) is 5.69 Å². The number of carbonyl (C=O) groups is 1. The maximum Gasteiger partial charge on any atom is 0.224 e. The van der Waals surface area contributed by atoms with Crippen LogP contribution in [0.2, 0.25) is 0 Å². The minimum atomic E-state index is -0.0249. The molecule has 0 aromatic heterocycles. The van der Waals surface area contributed by atoms with Crippen LogP contribution >= 0.6 is 0 Å². The molecule has 4 nitrogen and oxygen atoms in total. The van der Waals surface area contributed by atoms with Crippen molar-refractivity contribution in [3.05, 3.63) is 29.3 Å². The fourth-order valence-electron chi connectivity index (χ4n) is 1.92. The molecule has 0 fully saturated rings. The highest BCUT2D eigenvalue weighted by Crippen LogP contribution is 2.17. The van der Waals surface area contributed by atoms with E-state index in [1.165, 1.54) is 0 Å². The highest BCUT2D eigenvalue weighted by molar-refractivity contribution is 5.91. The van der Waals surface area contributed by atoms with Crippen molar-refractivity contribution in [2.75, 3.05) is 25.6 Å². The Kier molecular flexibility index (Phi) is 7.52. The van der Waals surface area contributed by atoms with Gasteiger partial charge in [-0.2, -0.15) is 0 Å². The summed E-state index contributed by atoms with van der Waals surface area (Å²) in [7, 11) is 1.63. The van der Waals surface area contributed by atoms with Crippen molar-refractivity contribution in [2.24, 2.45) is 5.92 Å². The van der Waals surface area contributed by atoms with E-state index in [-0.39, 0.29) is 18.4 Å². The van der Waals surface area contributed by atoms with E-state index in [9.17, 15) is 4.79 Å². The summed E-state index contributed by atoms with van der Waals surface area (Å²) >= 11 is 0. The van der Waals surface area contributed by atoms with E-state index in [1.54, 1.807) is 7.11 Å². The van der Waals surface area contributed by atoms with Crippen molar-refractivity contribution in [3.63, 3.8) is 0 Å². The molecule has 0 saturated heterocycles. The first-order valence-corrected chi connectivity index (χ1v) is 7.06. The van der Waals surface area contributed by atoms with Gasteiger partial charge in [0.05, 0.1) is 6.61 Å². The Labute approximate surface area is 126 Å². The molecular weight excluding hydrogens is 266 g/mol. The van der Waals surface area contributed by atoms with E-state index in [4.69, 9.17) is 9.84 Å². The quantitative estimate of drug-likeness (QED) is 0.790. The van der Waals surface area contributed by atoms with Gasteiger partial charge in [-0.3, -0.25) is 4.79 Å². The second-order valence-electron chi connectivity index (χ2n) is 5.12. The molecule has 1 unspecified atom stereocenters. The van der Waals surface area contributed by atoms with Crippen LogP contribution in [0, 0.1) is 24.7 Å². The van der Waals surface area contributed by atoms with Crippen molar-refractivity contribution in [3.8, 4) is 11.8 Å². The molecule has 1 aromatic carbocycles. The molecule has 0 spiro atoms. The lowest BCUT2D eigenvalue weighted by molar-refractivity contribution is -0.117. The summed E-state index contributed by atoms with van der Waals surface area (Å²) in [4.78, 5) is 12.0. The predicted octanol–water partition coefficient (Wildman–Crippen LogP) is 2.34. The lowest BCUT2D eigenvalue weighted by Gasteiger charge is -2.12. The Balaban J connectivity index is 2.72. The number of hydrogen-bond donors (Lipinski definition) is 2. The van der Waals surface area contributed by atoms with E-state index in [0.717, 1.165) is 16.8 Å². The summed E-state index contributed by atoms with van der Waals surface area (Å²) in [5.74, 6) is 6.00. The van der Waals surface area contributed by atoms with Gasteiger partial charge in [-0.1, -0.05) is 24.8 Å². The summed E-state index contributed by atoms with van der Waals surface area (Å²) in [5.41, 5.74) is 2.60. The molecule has 1 rings (SSSR count). The van der Waals surface area contributed by atoms with Crippen LogP contribution in [0.5, 0.6) is 0 Å². The zero-order chi connectivity index (χ0) is 15.7. The third-order valence-electron chi connectivity index (χ3n) is 2.97. The third kappa shape index (κ3) is 6.44. The smallest absolute Gasteiger partial charge is 0.224 e. The second-order valence-corrected chi connectivity index (χ2v) is 5.12. The van der Waals surface area contributed by atoms with Gasteiger partial charge in [-0.25, -0.2) is 0 Å². The number of aliphatic hydroxyl groups excluding tert-OH is 1. The Morgan fingerprint density at radius 3 is 2.90 bits per heavy atom. The van der Waals surface area contributed by atoms with Crippen molar-refractivity contribution in [2.45, 2.75) is 26.7 Å². The molecule has 0 radical (unpaired) electrons. The minimum Gasteiger partial charge on any atom is -0.395 e. The second kappa shape index (κ2) is 9.17. The van der Waals surface area contributed by atoms with Gasteiger partial charge in [-0.15, -0.1) is 0 Å². The van der Waals surface area contributed by atoms with Crippen LogP contribution in [0.1, 0.15) is 30.9 Å². The summed E-state index contributed by atoms with van der Waals surface area (Å²) < 4.78 is 5.03. The molecule has 4 heteroatoms. The Morgan fingerprint density at radius 2 is 2.24 bits per heavy atom. The molecule has 2 N–H and O–H groups in total. The largest absolute Gasteiger partial charge is 0.395 e. The predicted molar refractivity (Wildman–Crippen MR) is 84.0 cm³/mol. The Bertz CT molecular complexity index is 529. The van der Waals surface area contributed by atoms with E-state index in [0.29, 0.717) is 19.4 Å². The standard InChI is InChI=1S/C17H23NO3/c1-13(12-21-3)10-17(20)18-16-11-15(6-4-5-9-19)8-7-14(16)2/h7-8,11,13,19H,5,9-10,12H2,1-3H3,(H,18,20). The minimum absolute atomic E-state index is 0.0249. The SMILES string of the molecule is COCC(C)CC(=O)Nc1cc(C#CCCO)ccc1C. The molecule has 0 saturated carbocycles. The van der Waals surface area contributed by atoms with Crippen LogP contribution in [0.15, 0.2) is 18.2 Å². The summed E-state index contributed by atoms with van der Waals surface area (Å²) in [6.07, 6.45) is 0.873. The molecule has 1 amide bonds. The lowest BCUT2D eigenvalue weighted by Crippen LogP contribution is -2.18. The number of amides is 1. The molecule has 1 aromatic rings. The van der Waals surface area contributed by atoms with Crippen molar-refractivity contribution < 1.29 is 14.6 Å². The van der Waals surface area contributed by atoms with Gasteiger partial charge in [0.1, 0.15) is 0 Å². The maximum absolute atomic E-state index is 12.0. The lowest BCUT2D eigenvalue weighted by atomic mass is 10.1. The normalized spacial score (nSPS) is 11.4. The van der Waals surface area contributed by atoms with Crippen LogP contribution in [0.25, 0.3) is 0 Å². The topological polar surface area (TPSA) is 58.6 Å².